The first-order chi connectivity index (χ1) is 7.02. The highest BCUT2D eigenvalue weighted by Crippen LogP contribution is 1.92. The third-order valence-electron chi connectivity index (χ3n) is 1.73. The molecule has 0 saturated heterocycles. The minimum atomic E-state index is -0.522. The van der Waals surface area contributed by atoms with Gasteiger partial charge in [0.05, 0.1) is 25.9 Å². The van der Waals surface area contributed by atoms with Crippen LogP contribution in [0.5, 0.6) is 0 Å². The van der Waals surface area contributed by atoms with E-state index in [1.54, 1.807) is 0 Å². The summed E-state index contributed by atoms with van der Waals surface area (Å²) in [6.07, 6.45) is -0.367. The maximum atomic E-state index is 9.44. The average molecular weight is 219 g/mol. The molecule has 0 fully saturated rings. The van der Waals surface area contributed by atoms with Gasteiger partial charge in [0.2, 0.25) is 0 Å². The van der Waals surface area contributed by atoms with Gasteiger partial charge in [-0.2, -0.15) is 0 Å². The average Bonchev–Trinajstić information content (AvgIpc) is 2.13. The van der Waals surface area contributed by atoms with Crippen molar-refractivity contribution < 1.29 is 14.6 Å². The molecule has 4 heteroatoms. The van der Waals surface area contributed by atoms with Gasteiger partial charge in [-0.15, -0.1) is 0 Å². The summed E-state index contributed by atoms with van der Waals surface area (Å²) >= 11 is 0. The molecular weight excluding hydrogens is 194 g/mol. The number of rotatable bonds is 9. The summed E-state index contributed by atoms with van der Waals surface area (Å²) in [6, 6.07) is 0.475. The van der Waals surface area contributed by atoms with Gasteiger partial charge in [-0.05, 0) is 13.8 Å². The maximum Gasteiger partial charge on any atom is 0.101 e. The van der Waals surface area contributed by atoms with Crippen LogP contribution in [0.2, 0.25) is 0 Å². The van der Waals surface area contributed by atoms with Crippen molar-refractivity contribution in [3.63, 3.8) is 0 Å². The van der Waals surface area contributed by atoms with E-state index in [0.29, 0.717) is 25.9 Å². The van der Waals surface area contributed by atoms with Gasteiger partial charge in [0.15, 0.2) is 0 Å². The maximum absolute atomic E-state index is 9.44. The van der Waals surface area contributed by atoms with Gasteiger partial charge in [-0.25, -0.2) is 0 Å². The lowest BCUT2D eigenvalue weighted by Gasteiger charge is -2.14. The molecule has 0 spiro atoms. The quantitative estimate of drug-likeness (QED) is 0.563. The van der Waals surface area contributed by atoms with Crippen LogP contribution in [0.1, 0.15) is 27.7 Å². The molecule has 0 saturated carbocycles. The predicted molar refractivity (Wildman–Crippen MR) is 61.1 cm³/mol. The number of aliphatic hydroxyl groups is 1. The molecule has 0 aromatic heterocycles. The third kappa shape index (κ3) is 11.8. The van der Waals surface area contributed by atoms with Crippen LogP contribution in [0.3, 0.4) is 0 Å². The molecule has 0 aliphatic heterocycles. The largest absolute Gasteiger partial charge is 0.388 e. The Labute approximate surface area is 93.0 Å². The fourth-order valence-electron chi connectivity index (χ4n) is 0.991. The Morgan fingerprint density at radius 3 is 2.33 bits per heavy atom. The molecule has 0 aliphatic rings. The number of ether oxygens (including phenoxy) is 2. The van der Waals surface area contributed by atoms with Gasteiger partial charge < -0.3 is 19.9 Å². The predicted octanol–water partition coefficient (Wildman–Crippen LogP) is 0.787. The molecule has 4 nitrogen and oxygen atoms in total. The Hall–Kier alpha value is -0.160. The highest BCUT2D eigenvalue weighted by atomic mass is 16.5. The van der Waals surface area contributed by atoms with Crippen LogP contribution >= 0.6 is 0 Å². The lowest BCUT2D eigenvalue weighted by Crippen LogP contribution is -2.29. The van der Waals surface area contributed by atoms with Crippen molar-refractivity contribution >= 4 is 0 Å². The van der Waals surface area contributed by atoms with Gasteiger partial charge >= 0.3 is 0 Å². The molecule has 2 N–H and O–H groups in total. The number of hydrogen-bond acceptors (Lipinski definition) is 4. The van der Waals surface area contributed by atoms with Crippen molar-refractivity contribution in [2.45, 2.75) is 45.9 Å². The molecule has 0 rings (SSSR count). The summed E-state index contributed by atoms with van der Waals surface area (Å²) in [5, 5.41) is 12.7. The van der Waals surface area contributed by atoms with Crippen molar-refractivity contribution in [1.29, 1.82) is 0 Å². The number of nitrogens with one attached hydrogen (secondary N) is 1. The van der Waals surface area contributed by atoms with Gasteiger partial charge in [-0.1, -0.05) is 13.8 Å². The van der Waals surface area contributed by atoms with E-state index in [-0.39, 0.29) is 6.10 Å². The Morgan fingerprint density at radius 1 is 1.13 bits per heavy atom. The van der Waals surface area contributed by atoms with Crippen molar-refractivity contribution in [1.82, 2.24) is 5.32 Å². The van der Waals surface area contributed by atoms with Crippen molar-refractivity contribution in [3.8, 4) is 0 Å². The van der Waals surface area contributed by atoms with Crippen LogP contribution in [0, 0.1) is 0 Å². The normalized spacial score (nSPS) is 13.8. The summed E-state index contributed by atoms with van der Waals surface area (Å²) in [6.45, 7) is 10.2. The smallest absolute Gasteiger partial charge is 0.101 e. The second-order valence-electron chi connectivity index (χ2n) is 4.22. The van der Waals surface area contributed by atoms with E-state index in [1.807, 2.05) is 13.8 Å². The van der Waals surface area contributed by atoms with E-state index in [1.165, 1.54) is 0 Å². The molecule has 1 unspecified atom stereocenters. The fourth-order valence-corrected chi connectivity index (χ4v) is 0.991. The summed E-state index contributed by atoms with van der Waals surface area (Å²) in [7, 11) is 0. The molecule has 0 bridgehead atoms. The van der Waals surface area contributed by atoms with Crippen LogP contribution < -0.4 is 5.32 Å². The van der Waals surface area contributed by atoms with Gasteiger partial charge in [0, 0.05) is 12.6 Å². The standard InChI is InChI=1S/C11H25NO3/c1-9(2)12-5-6-14-7-11(13)8-15-10(3)4/h9-13H,5-8H2,1-4H3. The molecule has 0 aliphatic carbocycles. The second kappa shape index (κ2) is 9.09. The monoisotopic (exact) mass is 219 g/mol. The zero-order valence-electron chi connectivity index (χ0n) is 10.3. The summed E-state index contributed by atoms with van der Waals surface area (Å²) in [5.74, 6) is 0. The zero-order valence-corrected chi connectivity index (χ0v) is 10.3. The van der Waals surface area contributed by atoms with E-state index in [9.17, 15) is 5.11 Å². The third-order valence-corrected chi connectivity index (χ3v) is 1.73. The fraction of sp³-hybridized carbons (Fsp3) is 1.00. The number of hydrogen-bond donors (Lipinski definition) is 2. The van der Waals surface area contributed by atoms with E-state index in [0.717, 1.165) is 6.54 Å². The summed E-state index contributed by atoms with van der Waals surface area (Å²) in [4.78, 5) is 0. The number of aliphatic hydroxyl groups excluding tert-OH is 1. The molecule has 0 amide bonds. The summed E-state index contributed by atoms with van der Waals surface area (Å²) in [5.41, 5.74) is 0. The molecular formula is C11H25NO3. The topological polar surface area (TPSA) is 50.7 Å². The molecule has 92 valence electrons. The minimum absolute atomic E-state index is 0.155. The Morgan fingerprint density at radius 2 is 1.80 bits per heavy atom. The van der Waals surface area contributed by atoms with Gasteiger partial charge in [0.25, 0.3) is 0 Å². The Kier molecular flexibility index (Phi) is 9.00. The molecule has 0 aromatic carbocycles. The molecule has 0 radical (unpaired) electrons. The van der Waals surface area contributed by atoms with Gasteiger partial charge in [0.1, 0.15) is 6.10 Å². The van der Waals surface area contributed by atoms with E-state index in [2.05, 4.69) is 19.2 Å². The molecule has 0 aromatic rings. The van der Waals surface area contributed by atoms with E-state index in [4.69, 9.17) is 9.47 Å². The molecule has 0 heterocycles. The molecule has 15 heavy (non-hydrogen) atoms. The summed E-state index contributed by atoms with van der Waals surface area (Å²) < 4.78 is 10.5. The minimum Gasteiger partial charge on any atom is -0.388 e. The lowest BCUT2D eigenvalue weighted by molar-refractivity contribution is -0.0349. The van der Waals surface area contributed by atoms with E-state index < -0.39 is 6.10 Å². The first-order valence-electron chi connectivity index (χ1n) is 5.63. The Balaban J connectivity index is 3.20. The highest BCUT2D eigenvalue weighted by molar-refractivity contribution is 4.54. The van der Waals surface area contributed by atoms with Crippen LogP contribution in [-0.4, -0.2) is 49.7 Å². The molecule has 1 atom stereocenters. The van der Waals surface area contributed by atoms with Crippen LogP contribution in [-0.2, 0) is 9.47 Å². The zero-order chi connectivity index (χ0) is 11.7. The van der Waals surface area contributed by atoms with Crippen molar-refractivity contribution in [2.75, 3.05) is 26.4 Å². The van der Waals surface area contributed by atoms with Crippen LogP contribution in [0.25, 0.3) is 0 Å². The van der Waals surface area contributed by atoms with Crippen LogP contribution in [0.4, 0.5) is 0 Å². The first-order valence-corrected chi connectivity index (χ1v) is 5.63. The Bertz CT molecular complexity index is 140. The van der Waals surface area contributed by atoms with Crippen molar-refractivity contribution in [3.05, 3.63) is 0 Å². The second-order valence-corrected chi connectivity index (χ2v) is 4.22. The van der Waals surface area contributed by atoms with E-state index >= 15 is 0 Å². The highest BCUT2D eigenvalue weighted by Gasteiger charge is 2.05. The lowest BCUT2D eigenvalue weighted by atomic mass is 10.4. The first kappa shape index (κ1) is 14.8. The van der Waals surface area contributed by atoms with Crippen molar-refractivity contribution in [2.24, 2.45) is 0 Å². The van der Waals surface area contributed by atoms with Crippen LogP contribution in [0.15, 0.2) is 0 Å². The SMILES string of the molecule is CC(C)NCCOCC(O)COC(C)C. The van der Waals surface area contributed by atoms with Gasteiger partial charge in [-0.3, -0.25) is 0 Å².